The predicted molar refractivity (Wildman–Crippen MR) is 77.9 cm³/mol. The van der Waals surface area contributed by atoms with Gasteiger partial charge in [0.2, 0.25) is 0 Å². The molecule has 0 radical (unpaired) electrons. The van der Waals surface area contributed by atoms with Crippen LogP contribution in [0.5, 0.6) is 0 Å². The Labute approximate surface area is 125 Å². The summed E-state index contributed by atoms with van der Waals surface area (Å²) in [6, 6.07) is 12.4. The summed E-state index contributed by atoms with van der Waals surface area (Å²) in [5.74, 6) is -0.392. The predicted octanol–water partition coefficient (Wildman–Crippen LogP) is 3.07. The Morgan fingerprint density at radius 3 is 2.67 bits per heavy atom. The van der Waals surface area contributed by atoms with Crippen molar-refractivity contribution < 1.29 is 4.39 Å². The highest BCUT2D eigenvalue weighted by Crippen LogP contribution is 2.19. The second kappa shape index (κ2) is 5.88. The minimum Gasteiger partial charge on any atom is -0.381 e. The zero-order valence-corrected chi connectivity index (χ0v) is 11.6. The molecular weight excluding hydrogens is 293 g/mol. The van der Waals surface area contributed by atoms with Crippen LogP contribution < -0.4 is 5.32 Å². The summed E-state index contributed by atoms with van der Waals surface area (Å²) in [5, 5.41) is 14.2. The Morgan fingerprint density at radius 1 is 1.14 bits per heavy atom. The third-order valence-corrected chi connectivity index (χ3v) is 3.29. The van der Waals surface area contributed by atoms with E-state index in [0.29, 0.717) is 12.1 Å². The number of hydrogen-bond acceptors (Lipinski definition) is 4. The topological polar surface area (TPSA) is 55.6 Å². The van der Waals surface area contributed by atoms with Crippen LogP contribution in [0.1, 0.15) is 5.56 Å². The van der Waals surface area contributed by atoms with Crippen molar-refractivity contribution in [2.45, 2.75) is 6.54 Å². The molecule has 0 fully saturated rings. The molecule has 1 N–H and O–H groups in total. The molecule has 0 aliphatic heterocycles. The molecule has 5 nitrogen and oxygen atoms in total. The first-order valence-electron chi connectivity index (χ1n) is 6.24. The van der Waals surface area contributed by atoms with Crippen LogP contribution >= 0.6 is 11.6 Å². The number of hydrogen-bond donors (Lipinski definition) is 1. The van der Waals surface area contributed by atoms with Crippen molar-refractivity contribution in [3.63, 3.8) is 0 Å². The van der Waals surface area contributed by atoms with E-state index < -0.39 is 5.82 Å². The van der Waals surface area contributed by atoms with Gasteiger partial charge in [-0.1, -0.05) is 23.7 Å². The number of benzene rings is 2. The van der Waals surface area contributed by atoms with E-state index in [9.17, 15) is 4.39 Å². The van der Waals surface area contributed by atoms with Crippen LogP contribution in [0.15, 0.2) is 48.8 Å². The van der Waals surface area contributed by atoms with Gasteiger partial charge in [0.05, 0.1) is 10.7 Å². The maximum absolute atomic E-state index is 13.8. The van der Waals surface area contributed by atoms with Gasteiger partial charge in [-0.25, -0.2) is 9.07 Å². The molecule has 106 valence electrons. The Bertz CT molecular complexity index is 728. The average Bonchev–Trinajstić information content (AvgIpc) is 3.04. The van der Waals surface area contributed by atoms with E-state index in [4.69, 9.17) is 11.6 Å². The van der Waals surface area contributed by atoms with Crippen molar-refractivity contribution >= 4 is 17.3 Å². The lowest BCUT2D eigenvalue weighted by Gasteiger charge is -2.09. The van der Waals surface area contributed by atoms with Crippen molar-refractivity contribution in [3.8, 4) is 5.69 Å². The molecule has 0 amide bonds. The van der Waals surface area contributed by atoms with Gasteiger partial charge in [-0.2, -0.15) is 0 Å². The third kappa shape index (κ3) is 3.00. The Morgan fingerprint density at radius 2 is 1.95 bits per heavy atom. The molecule has 1 aromatic heterocycles. The fourth-order valence-corrected chi connectivity index (χ4v) is 2.09. The van der Waals surface area contributed by atoms with Gasteiger partial charge in [-0.15, -0.1) is 5.10 Å². The zero-order chi connectivity index (χ0) is 14.7. The van der Waals surface area contributed by atoms with Gasteiger partial charge in [-0.3, -0.25) is 0 Å². The summed E-state index contributed by atoms with van der Waals surface area (Å²) >= 11 is 5.75. The fourth-order valence-electron chi connectivity index (χ4n) is 1.89. The van der Waals surface area contributed by atoms with Crippen LogP contribution in [0.2, 0.25) is 5.02 Å². The van der Waals surface area contributed by atoms with Crippen molar-refractivity contribution in [2.24, 2.45) is 0 Å². The molecule has 0 unspecified atom stereocenters. The van der Waals surface area contributed by atoms with Crippen LogP contribution in [0.3, 0.4) is 0 Å². The quantitative estimate of drug-likeness (QED) is 0.805. The molecule has 0 atom stereocenters. The van der Waals surface area contributed by atoms with Crippen LogP contribution in [0, 0.1) is 5.82 Å². The minimum atomic E-state index is -0.392. The molecule has 21 heavy (non-hydrogen) atoms. The summed E-state index contributed by atoms with van der Waals surface area (Å²) in [4.78, 5) is 0. The highest BCUT2D eigenvalue weighted by Gasteiger charge is 2.05. The highest BCUT2D eigenvalue weighted by molar-refractivity contribution is 6.30. The lowest BCUT2D eigenvalue weighted by molar-refractivity contribution is 0.613. The summed E-state index contributed by atoms with van der Waals surface area (Å²) < 4.78 is 15.3. The van der Waals surface area contributed by atoms with Crippen molar-refractivity contribution in [1.29, 1.82) is 0 Å². The Hall–Kier alpha value is -2.47. The maximum Gasteiger partial charge on any atom is 0.146 e. The largest absolute Gasteiger partial charge is 0.381 e. The van der Waals surface area contributed by atoms with E-state index in [-0.39, 0.29) is 5.02 Å². The van der Waals surface area contributed by atoms with Gasteiger partial charge in [0, 0.05) is 17.8 Å². The first-order chi connectivity index (χ1) is 10.2. The van der Waals surface area contributed by atoms with Gasteiger partial charge in [-0.05, 0) is 40.8 Å². The van der Waals surface area contributed by atoms with Gasteiger partial charge >= 0.3 is 0 Å². The molecule has 0 aliphatic carbocycles. The Kier molecular flexibility index (Phi) is 3.79. The molecule has 0 spiro atoms. The van der Waals surface area contributed by atoms with Crippen molar-refractivity contribution in [3.05, 3.63) is 65.2 Å². The third-order valence-electron chi connectivity index (χ3n) is 3.00. The molecule has 2 aromatic carbocycles. The monoisotopic (exact) mass is 303 g/mol. The molecule has 0 saturated heterocycles. The van der Waals surface area contributed by atoms with E-state index >= 15 is 0 Å². The number of nitrogens with zero attached hydrogens (tertiary/aromatic N) is 4. The first kappa shape index (κ1) is 13.5. The van der Waals surface area contributed by atoms with E-state index in [1.807, 2.05) is 24.3 Å². The zero-order valence-electron chi connectivity index (χ0n) is 10.9. The number of tetrazole rings is 1. The summed E-state index contributed by atoms with van der Waals surface area (Å²) in [6.45, 7) is 0.358. The molecule has 1 heterocycles. The second-order valence-electron chi connectivity index (χ2n) is 4.37. The summed E-state index contributed by atoms with van der Waals surface area (Å²) in [7, 11) is 0. The van der Waals surface area contributed by atoms with Gasteiger partial charge < -0.3 is 5.32 Å². The first-order valence-corrected chi connectivity index (χ1v) is 6.62. The number of anilines is 1. The van der Waals surface area contributed by atoms with Gasteiger partial charge in [0.25, 0.3) is 0 Å². The van der Waals surface area contributed by atoms with Crippen molar-refractivity contribution in [2.75, 3.05) is 5.32 Å². The Balaban J connectivity index is 1.70. The normalized spacial score (nSPS) is 10.6. The average molecular weight is 304 g/mol. The van der Waals surface area contributed by atoms with Crippen LogP contribution in [-0.4, -0.2) is 20.2 Å². The van der Waals surface area contributed by atoms with Crippen LogP contribution in [-0.2, 0) is 6.54 Å². The SMILES string of the molecule is Fc1c(Cl)cccc1CNc1ccc(-n2cnnn2)cc1. The van der Waals surface area contributed by atoms with Gasteiger partial charge in [0.15, 0.2) is 0 Å². The number of nitrogens with one attached hydrogen (secondary N) is 1. The molecule has 7 heteroatoms. The lowest BCUT2D eigenvalue weighted by Crippen LogP contribution is -2.02. The molecule has 0 aliphatic rings. The van der Waals surface area contributed by atoms with Crippen LogP contribution in [0.25, 0.3) is 5.69 Å². The number of halogens is 2. The second-order valence-corrected chi connectivity index (χ2v) is 4.77. The summed E-state index contributed by atoms with van der Waals surface area (Å²) in [6.07, 6.45) is 1.52. The number of rotatable bonds is 4. The molecular formula is C14H11ClFN5. The fraction of sp³-hybridized carbons (Fsp3) is 0.0714. The number of aromatic nitrogens is 4. The molecule has 3 rings (SSSR count). The lowest BCUT2D eigenvalue weighted by atomic mass is 10.2. The molecule has 0 saturated carbocycles. The minimum absolute atomic E-state index is 0.128. The standard InChI is InChI=1S/C14H11ClFN5/c15-13-3-1-2-10(14(13)16)8-17-11-4-6-12(7-5-11)21-9-18-19-20-21/h1-7,9,17H,8H2. The summed E-state index contributed by atoms with van der Waals surface area (Å²) in [5.41, 5.74) is 2.23. The van der Waals surface area contributed by atoms with E-state index in [0.717, 1.165) is 11.4 Å². The van der Waals surface area contributed by atoms with E-state index in [1.165, 1.54) is 12.4 Å². The van der Waals surface area contributed by atoms with E-state index in [2.05, 4.69) is 20.8 Å². The van der Waals surface area contributed by atoms with Crippen molar-refractivity contribution in [1.82, 2.24) is 20.2 Å². The molecule has 3 aromatic rings. The highest BCUT2D eigenvalue weighted by atomic mass is 35.5. The van der Waals surface area contributed by atoms with E-state index in [1.54, 1.807) is 16.8 Å². The van der Waals surface area contributed by atoms with Gasteiger partial charge in [0.1, 0.15) is 12.1 Å². The molecule has 0 bridgehead atoms. The smallest absolute Gasteiger partial charge is 0.146 e. The maximum atomic E-state index is 13.8. The van der Waals surface area contributed by atoms with Crippen LogP contribution in [0.4, 0.5) is 10.1 Å².